The quantitative estimate of drug-likeness (QED) is 0.474. The number of anilines is 2. The normalized spacial score (nSPS) is 28.1. The van der Waals surface area contributed by atoms with Crippen molar-refractivity contribution in [1.82, 2.24) is 4.90 Å². The Kier molecular flexibility index (Phi) is 8.01. The molecule has 0 bridgehead atoms. The molecule has 2 aliphatic heterocycles. The van der Waals surface area contributed by atoms with E-state index >= 15 is 0 Å². The number of hydrogen-bond acceptors (Lipinski definition) is 5. The third-order valence-electron chi connectivity index (χ3n) is 7.89. The molecule has 8 nitrogen and oxygen atoms in total. The van der Waals surface area contributed by atoms with Crippen molar-refractivity contribution in [3.8, 4) is 0 Å². The van der Waals surface area contributed by atoms with Crippen LogP contribution >= 0.6 is 11.6 Å². The van der Waals surface area contributed by atoms with E-state index in [0.29, 0.717) is 25.7 Å². The minimum absolute atomic E-state index is 0.194. The van der Waals surface area contributed by atoms with Crippen LogP contribution in [0.25, 0.3) is 0 Å². The molecule has 0 aromatic heterocycles. The van der Waals surface area contributed by atoms with Crippen molar-refractivity contribution >= 4 is 44.9 Å². The molecule has 2 fully saturated rings. The minimum Gasteiger partial charge on any atom is -0.480 e. The Morgan fingerprint density at radius 2 is 1.79 bits per heavy atom. The molecule has 0 radical (unpaired) electrons. The molecular weight excluding hydrogens is 559 g/mol. The summed E-state index contributed by atoms with van der Waals surface area (Å²) in [6, 6.07) is 1.49. The van der Waals surface area contributed by atoms with Gasteiger partial charge in [-0.05, 0) is 43.9 Å². The van der Waals surface area contributed by atoms with E-state index in [0.717, 1.165) is 18.4 Å². The van der Waals surface area contributed by atoms with Crippen LogP contribution < -0.4 is 9.62 Å². The van der Waals surface area contributed by atoms with E-state index in [1.807, 2.05) is 31.2 Å². The van der Waals surface area contributed by atoms with Crippen LogP contribution in [0.1, 0.15) is 38.2 Å². The van der Waals surface area contributed by atoms with E-state index in [1.165, 1.54) is 11.0 Å². The molecule has 1 aromatic carbocycles. The van der Waals surface area contributed by atoms with Gasteiger partial charge in [0.25, 0.3) is 0 Å². The first-order chi connectivity index (χ1) is 18.1. The number of alkyl halides is 4. The highest BCUT2D eigenvalue weighted by atomic mass is 35.5. The number of nitrogens with one attached hydrogen (secondary N) is 1. The number of carboxylic acids is 1. The molecule has 0 saturated carbocycles. The molecule has 2 heterocycles. The topological polar surface area (TPSA) is 107 Å². The third-order valence-corrected chi connectivity index (χ3v) is 9.09. The number of carboxylic acid groups (broad SMARTS) is 1. The molecule has 1 amide bonds. The van der Waals surface area contributed by atoms with E-state index in [2.05, 4.69) is 4.72 Å². The van der Waals surface area contributed by atoms with Crippen LogP contribution in [0, 0.1) is 11.3 Å². The molecular formula is C26H31ClF3N3O5S. The fraction of sp³-hybridized carbons (Fsp3) is 0.538. The maximum Gasteiger partial charge on any atom is 0.416 e. The summed E-state index contributed by atoms with van der Waals surface area (Å²) in [7, 11) is -3.86. The Bertz CT molecular complexity index is 1290. The Hall–Kier alpha value is -2.73. The van der Waals surface area contributed by atoms with Gasteiger partial charge in [-0.25, -0.2) is 13.2 Å². The second-order valence-corrected chi connectivity index (χ2v) is 12.8. The monoisotopic (exact) mass is 589 g/mol. The molecule has 3 aliphatic rings. The van der Waals surface area contributed by atoms with Gasteiger partial charge in [-0.2, -0.15) is 13.2 Å². The first kappa shape index (κ1) is 29.3. The fourth-order valence-electron chi connectivity index (χ4n) is 5.84. The van der Waals surface area contributed by atoms with Gasteiger partial charge in [-0.3, -0.25) is 9.52 Å². The highest BCUT2D eigenvalue weighted by Crippen LogP contribution is 2.45. The molecule has 4 rings (SSSR count). The maximum absolute atomic E-state index is 13.8. The molecule has 2 N–H and O–H groups in total. The zero-order chi connectivity index (χ0) is 28.8. The van der Waals surface area contributed by atoms with Crippen molar-refractivity contribution in [2.75, 3.05) is 29.0 Å². The summed E-state index contributed by atoms with van der Waals surface area (Å²) < 4.78 is 65.7. The molecule has 1 aliphatic carbocycles. The molecule has 4 atom stereocenters. The number of likely N-dealkylation sites (tertiary alicyclic amines) is 1. The van der Waals surface area contributed by atoms with E-state index in [4.69, 9.17) is 11.6 Å². The van der Waals surface area contributed by atoms with Gasteiger partial charge >= 0.3 is 12.1 Å². The van der Waals surface area contributed by atoms with Crippen molar-refractivity contribution in [2.45, 2.75) is 56.2 Å². The maximum atomic E-state index is 13.8. The van der Waals surface area contributed by atoms with Crippen molar-refractivity contribution in [2.24, 2.45) is 11.3 Å². The number of aliphatic carboxylic acids is 1. The fourth-order valence-corrected chi connectivity index (χ4v) is 6.70. The van der Waals surface area contributed by atoms with Crippen molar-refractivity contribution in [3.63, 3.8) is 0 Å². The number of carbonyl (C=O) groups is 2. The number of carbonyl (C=O) groups excluding carboxylic acids is 1. The van der Waals surface area contributed by atoms with Gasteiger partial charge in [-0.1, -0.05) is 31.2 Å². The number of hydrogen-bond donors (Lipinski definition) is 2. The molecule has 214 valence electrons. The molecule has 2 unspecified atom stereocenters. The Balaban J connectivity index is 1.55. The zero-order valence-electron chi connectivity index (χ0n) is 21.5. The number of amides is 1. The van der Waals surface area contributed by atoms with Crippen molar-refractivity contribution in [3.05, 3.63) is 48.1 Å². The van der Waals surface area contributed by atoms with E-state index in [-0.39, 0.29) is 30.4 Å². The SMILES string of the molecule is CC1([C@H]2CC[C@@H](C(=O)O)N2C(=O)C2CCN(c3ccc(C(F)(F)F)cc3NS(C)(=O)=O)CC2)C=CC=CC1Cl. The van der Waals surface area contributed by atoms with Crippen molar-refractivity contribution in [1.29, 1.82) is 0 Å². The van der Waals surface area contributed by atoms with Crippen LogP contribution in [0.2, 0.25) is 0 Å². The average Bonchev–Trinajstić information content (AvgIpc) is 3.30. The number of benzene rings is 1. The summed E-state index contributed by atoms with van der Waals surface area (Å²) >= 11 is 6.62. The second-order valence-electron chi connectivity index (χ2n) is 10.6. The van der Waals surface area contributed by atoms with Gasteiger partial charge in [0.2, 0.25) is 15.9 Å². The lowest BCUT2D eigenvalue weighted by Gasteiger charge is -2.44. The standard InChI is InChI=1S/C26H31ClF3N3O5S/c1-25(12-4-3-5-21(25)27)22-9-8-20(24(35)36)33(22)23(34)16-10-13-32(14-11-16)19-7-6-17(26(28,29)30)15-18(19)31-39(2,37)38/h3-7,12,15-16,20-22,31H,8-11,13-14H2,1-2H3,(H,35,36)/t20-,21?,22+,25?/m0/s1. The predicted octanol–water partition coefficient (Wildman–Crippen LogP) is 4.48. The van der Waals surface area contributed by atoms with Crippen LogP contribution in [-0.2, 0) is 25.8 Å². The first-order valence-corrected chi connectivity index (χ1v) is 14.9. The summed E-state index contributed by atoms with van der Waals surface area (Å²) in [5, 5.41) is 9.47. The first-order valence-electron chi connectivity index (χ1n) is 12.6. The van der Waals surface area contributed by atoms with Crippen LogP contribution in [-0.4, -0.2) is 67.1 Å². The Labute approximate surface area is 230 Å². The average molecular weight is 590 g/mol. The van der Waals surface area contributed by atoms with E-state index in [9.17, 15) is 36.3 Å². The summed E-state index contributed by atoms with van der Waals surface area (Å²) in [6.45, 7) is 2.46. The van der Waals surface area contributed by atoms with Gasteiger partial charge in [0.05, 0.1) is 28.6 Å². The summed E-state index contributed by atoms with van der Waals surface area (Å²) in [4.78, 5) is 29.1. The number of nitrogens with zero attached hydrogens (tertiary/aromatic N) is 2. The number of piperidine rings is 1. The number of halogens is 4. The molecule has 2 saturated heterocycles. The van der Waals surface area contributed by atoms with Crippen molar-refractivity contribution < 1.29 is 36.3 Å². The summed E-state index contributed by atoms with van der Waals surface area (Å²) in [5.41, 5.74) is -1.55. The van der Waals surface area contributed by atoms with Crippen LogP contribution in [0.5, 0.6) is 0 Å². The molecule has 13 heteroatoms. The predicted molar refractivity (Wildman–Crippen MR) is 142 cm³/mol. The van der Waals surface area contributed by atoms with Gasteiger partial charge in [-0.15, -0.1) is 11.6 Å². The molecule has 1 aromatic rings. The van der Waals surface area contributed by atoms with Gasteiger partial charge in [0, 0.05) is 30.5 Å². The third kappa shape index (κ3) is 6.06. The lowest BCUT2D eigenvalue weighted by molar-refractivity contribution is -0.153. The zero-order valence-corrected chi connectivity index (χ0v) is 23.1. The van der Waals surface area contributed by atoms with Crippen LogP contribution in [0.4, 0.5) is 24.5 Å². The number of rotatable bonds is 6. The highest BCUT2D eigenvalue weighted by molar-refractivity contribution is 7.92. The second kappa shape index (κ2) is 10.7. The Morgan fingerprint density at radius 1 is 1.13 bits per heavy atom. The van der Waals surface area contributed by atoms with Crippen LogP contribution in [0.15, 0.2) is 42.5 Å². The van der Waals surface area contributed by atoms with Gasteiger partial charge in [0.15, 0.2) is 0 Å². The summed E-state index contributed by atoms with van der Waals surface area (Å²) in [6.07, 6.45) is 5.07. The number of sulfonamides is 1. The lowest BCUT2D eigenvalue weighted by Crippen LogP contribution is -2.55. The number of allylic oxidation sites excluding steroid dienone is 3. The molecule has 39 heavy (non-hydrogen) atoms. The Morgan fingerprint density at radius 3 is 2.36 bits per heavy atom. The van der Waals surface area contributed by atoms with E-state index in [1.54, 1.807) is 4.90 Å². The molecule has 0 spiro atoms. The summed E-state index contributed by atoms with van der Waals surface area (Å²) in [5.74, 6) is -1.85. The smallest absolute Gasteiger partial charge is 0.416 e. The van der Waals surface area contributed by atoms with Gasteiger partial charge in [0.1, 0.15) is 6.04 Å². The minimum atomic E-state index is -4.65. The van der Waals surface area contributed by atoms with Crippen LogP contribution in [0.3, 0.4) is 0 Å². The van der Waals surface area contributed by atoms with Gasteiger partial charge < -0.3 is 14.9 Å². The lowest BCUT2D eigenvalue weighted by atomic mass is 9.75. The van der Waals surface area contributed by atoms with E-state index < -0.39 is 56.5 Å². The largest absolute Gasteiger partial charge is 0.480 e. The highest BCUT2D eigenvalue weighted by Gasteiger charge is 2.52.